The highest BCUT2D eigenvalue weighted by atomic mass is 16.2. The number of nitrogens with one attached hydrogen (secondary N) is 1. The van der Waals surface area contributed by atoms with Gasteiger partial charge in [0.1, 0.15) is 6.54 Å². The normalized spacial score (nSPS) is 19.5. The Balaban J connectivity index is 2.06. The Kier molecular flexibility index (Phi) is 3.78. The molecule has 1 unspecified atom stereocenters. The third kappa shape index (κ3) is 2.66. The molecule has 1 N–H and O–H groups in total. The van der Waals surface area contributed by atoms with Gasteiger partial charge in [-0.2, -0.15) is 0 Å². The van der Waals surface area contributed by atoms with Gasteiger partial charge in [-0.3, -0.25) is 4.79 Å². The molecule has 2 rings (SSSR count). The second-order valence-corrected chi connectivity index (χ2v) is 4.54. The largest absolute Gasteiger partial charge is 0.344 e. The van der Waals surface area contributed by atoms with Crippen molar-refractivity contribution in [1.29, 1.82) is 0 Å². The number of hydrogen-bond donors (Lipinski definition) is 1. The molecule has 1 aliphatic heterocycles. The molecule has 1 fully saturated rings. The van der Waals surface area contributed by atoms with E-state index in [1.807, 2.05) is 24.7 Å². The van der Waals surface area contributed by atoms with Crippen LogP contribution >= 0.6 is 0 Å². The van der Waals surface area contributed by atoms with Crippen molar-refractivity contribution in [2.75, 3.05) is 26.7 Å². The first-order valence-corrected chi connectivity index (χ1v) is 6.17. The number of likely N-dealkylation sites (N-methyl/N-ethyl adjacent to an activating group) is 1. The summed E-state index contributed by atoms with van der Waals surface area (Å²) in [4.78, 5) is 17.8. The smallest absolute Gasteiger partial charge is 0.242 e. The summed E-state index contributed by atoms with van der Waals surface area (Å²) in [6.45, 7) is 5.17. The molecule has 1 aromatic rings. The molecular weight excluding hydrogens is 216 g/mol. The molecule has 1 atom stereocenters. The first-order valence-electron chi connectivity index (χ1n) is 6.17. The highest BCUT2D eigenvalue weighted by molar-refractivity contribution is 5.75. The first kappa shape index (κ1) is 12.1. The van der Waals surface area contributed by atoms with Gasteiger partial charge in [0.2, 0.25) is 5.91 Å². The maximum Gasteiger partial charge on any atom is 0.242 e. The Morgan fingerprint density at radius 2 is 2.53 bits per heavy atom. The number of nitrogens with zero attached hydrogens (tertiary/aromatic N) is 3. The topological polar surface area (TPSA) is 50.2 Å². The molecule has 5 nitrogen and oxygen atoms in total. The SMILES string of the molecule is CCN(C)C(=O)Cn1cncc1C1CCNC1. The number of imidazole rings is 1. The molecule has 2 heterocycles. The van der Waals surface area contributed by atoms with E-state index in [1.165, 1.54) is 5.69 Å². The highest BCUT2D eigenvalue weighted by Crippen LogP contribution is 2.21. The van der Waals surface area contributed by atoms with Crippen molar-refractivity contribution in [3.8, 4) is 0 Å². The minimum Gasteiger partial charge on any atom is -0.344 e. The lowest BCUT2D eigenvalue weighted by Gasteiger charge is -2.17. The van der Waals surface area contributed by atoms with E-state index < -0.39 is 0 Å². The number of carbonyl (C=O) groups excluding carboxylic acids is 1. The summed E-state index contributed by atoms with van der Waals surface area (Å²) in [6, 6.07) is 0. The molecule has 0 radical (unpaired) electrons. The Bertz CT molecular complexity index is 382. The van der Waals surface area contributed by atoms with Crippen LogP contribution in [0.1, 0.15) is 25.0 Å². The first-order chi connectivity index (χ1) is 8.22. The van der Waals surface area contributed by atoms with Gasteiger partial charge in [-0.05, 0) is 19.9 Å². The van der Waals surface area contributed by atoms with Crippen LogP contribution in [-0.2, 0) is 11.3 Å². The minimum absolute atomic E-state index is 0.137. The van der Waals surface area contributed by atoms with Crippen molar-refractivity contribution in [2.45, 2.75) is 25.8 Å². The average molecular weight is 236 g/mol. The molecule has 1 amide bonds. The Hall–Kier alpha value is -1.36. The molecule has 17 heavy (non-hydrogen) atoms. The third-order valence-electron chi connectivity index (χ3n) is 3.43. The molecule has 0 saturated carbocycles. The lowest BCUT2D eigenvalue weighted by molar-refractivity contribution is -0.130. The minimum atomic E-state index is 0.137. The fraction of sp³-hybridized carbons (Fsp3) is 0.667. The van der Waals surface area contributed by atoms with E-state index in [2.05, 4.69) is 10.3 Å². The van der Waals surface area contributed by atoms with Crippen LogP contribution in [0.5, 0.6) is 0 Å². The van der Waals surface area contributed by atoms with Crippen LogP contribution in [-0.4, -0.2) is 47.0 Å². The van der Waals surface area contributed by atoms with Gasteiger partial charge >= 0.3 is 0 Å². The van der Waals surface area contributed by atoms with Gasteiger partial charge in [-0.25, -0.2) is 4.98 Å². The zero-order valence-corrected chi connectivity index (χ0v) is 10.5. The van der Waals surface area contributed by atoms with Gasteiger partial charge in [0.25, 0.3) is 0 Å². The summed E-state index contributed by atoms with van der Waals surface area (Å²) >= 11 is 0. The summed E-state index contributed by atoms with van der Waals surface area (Å²) in [5.41, 5.74) is 1.17. The lowest BCUT2D eigenvalue weighted by atomic mass is 10.1. The van der Waals surface area contributed by atoms with Crippen molar-refractivity contribution in [1.82, 2.24) is 19.8 Å². The van der Waals surface area contributed by atoms with Crippen LogP contribution in [0.2, 0.25) is 0 Å². The van der Waals surface area contributed by atoms with Crippen molar-refractivity contribution < 1.29 is 4.79 Å². The predicted molar refractivity (Wildman–Crippen MR) is 65.8 cm³/mol. The summed E-state index contributed by atoms with van der Waals surface area (Å²) in [5, 5.41) is 3.34. The third-order valence-corrected chi connectivity index (χ3v) is 3.43. The molecule has 1 aromatic heterocycles. The molecule has 1 aliphatic rings. The van der Waals surface area contributed by atoms with Crippen LogP contribution in [0.25, 0.3) is 0 Å². The summed E-state index contributed by atoms with van der Waals surface area (Å²) in [7, 11) is 1.83. The maximum atomic E-state index is 11.9. The van der Waals surface area contributed by atoms with Crippen molar-refractivity contribution >= 4 is 5.91 Å². The van der Waals surface area contributed by atoms with Crippen LogP contribution in [0, 0.1) is 0 Å². The number of aromatic nitrogens is 2. The molecule has 1 saturated heterocycles. The van der Waals surface area contributed by atoms with E-state index in [-0.39, 0.29) is 5.91 Å². The van der Waals surface area contributed by atoms with Crippen LogP contribution in [0.15, 0.2) is 12.5 Å². The second kappa shape index (κ2) is 5.31. The monoisotopic (exact) mass is 236 g/mol. The van der Waals surface area contributed by atoms with Crippen molar-refractivity contribution in [3.05, 3.63) is 18.2 Å². The zero-order valence-electron chi connectivity index (χ0n) is 10.5. The summed E-state index contributed by atoms with van der Waals surface area (Å²) in [5.74, 6) is 0.634. The second-order valence-electron chi connectivity index (χ2n) is 4.54. The average Bonchev–Trinajstić information content (AvgIpc) is 2.97. The van der Waals surface area contributed by atoms with E-state index in [4.69, 9.17) is 0 Å². The predicted octanol–water partition coefficient (Wildman–Crippen LogP) is 0.438. The van der Waals surface area contributed by atoms with Gasteiger partial charge < -0.3 is 14.8 Å². The molecule has 0 aliphatic carbocycles. The van der Waals surface area contributed by atoms with Gasteiger partial charge in [-0.1, -0.05) is 0 Å². The van der Waals surface area contributed by atoms with Crippen molar-refractivity contribution in [2.24, 2.45) is 0 Å². The van der Waals surface area contributed by atoms with E-state index in [9.17, 15) is 4.79 Å². The molecule has 0 spiro atoms. The van der Waals surface area contributed by atoms with E-state index in [1.54, 1.807) is 11.2 Å². The maximum absolute atomic E-state index is 11.9. The Morgan fingerprint density at radius 3 is 3.18 bits per heavy atom. The number of hydrogen-bond acceptors (Lipinski definition) is 3. The van der Waals surface area contributed by atoms with Gasteiger partial charge in [0, 0.05) is 37.9 Å². The highest BCUT2D eigenvalue weighted by Gasteiger charge is 2.21. The number of amides is 1. The van der Waals surface area contributed by atoms with Crippen LogP contribution in [0.4, 0.5) is 0 Å². The standard InChI is InChI=1S/C12H20N4O/c1-3-15(2)12(17)8-16-9-14-7-11(16)10-4-5-13-6-10/h7,9-10,13H,3-6,8H2,1-2H3. The molecule has 94 valence electrons. The lowest BCUT2D eigenvalue weighted by Crippen LogP contribution is -2.30. The van der Waals surface area contributed by atoms with E-state index in [0.29, 0.717) is 12.5 Å². The molecule has 0 bridgehead atoms. The van der Waals surface area contributed by atoms with Crippen LogP contribution < -0.4 is 5.32 Å². The molecule has 0 aromatic carbocycles. The quantitative estimate of drug-likeness (QED) is 0.825. The molecular formula is C12H20N4O. The summed E-state index contributed by atoms with van der Waals surface area (Å²) in [6.07, 6.45) is 4.77. The van der Waals surface area contributed by atoms with Gasteiger partial charge in [-0.15, -0.1) is 0 Å². The van der Waals surface area contributed by atoms with Gasteiger partial charge in [0.15, 0.2) is 0 Å². The number of carbonyl (C=O) groups is 1. The Morgan fingerprint density at radius 1 is 1.71 bits per heavy atom. The van der Waals surface area contributed by atoms with E-state index in [0.717, 1.165) is 26.1 Å². The van der Waals surface area contributed by atoms with Gasteiger partial charge in [0.05, 0.1) is 6.33 Å². The fourth-order valence-electron chi connectivity index (χ4n) is 2.15. The zero-order chi connectivity index (χ0) is 12.3. The van der Waals surface area contributed by atoms with Crippen molar-refractivity contribution in [3.63, 3.8) is 0 Å². The number of rotatable bonds is 4. The molecule has 5 heteroatoms. The summed E-state index contributed by atoms with van der Waals surface area (Å²) < 4.78 is 1.98. The van der Waals surface area contributed by atoms with E-state index >= 15 is 0 Å². The van der Waals surface area contributed by atoms with Crippen LogP contribution in [0.3, 0.4) is 0 Å². The fourth-order valence-corrected chi connectivity index (χ4v) is 2.15. The Labute approximate surface area is 102 Å².